The molecule has 1 amide bonds. The maximum atomic E-state index is 12.5. The lowest BCUT2D eigenvalue weighted by Gasteiger charge is -2.06. The standard InChI is InChI=1S/C19H21N3O2S/c1-10(2)13-7-5-12(6-8-13)9-14-21-17(23)15-11(3)16(18(24)20-4)25-19(15)22-14/h5-8,10H,9H2,1-4H3,(H,20,24)(H,21,22,23). The van der Waals surface area contributed by atoms with Crippen LogP contribution < -0.4 is 10.9 Å². The van der Waals surface area contributed by atoms with Gasteiger partial charge in [0.1, 0.15) is 10.7 Å². The zero-order valence-corrected chi connectivity index (χ0v) is 15.6. The number of aromatic nitrogens is 2. The van der Waals surface area contributed by atoms with E-state index in [9.17, 15) is 9.59 Å². The van der Waals surface area contributed by atoms with E-state index in [-0.39, 0.29) is 11.5 Å². The molecule has 0 saturated heterocycles. The predicted molar refractivity (Wildman–Crippen MR) is 102 cm³/mol. The van der Waals surface area contributed by atoms with Gasteiger partial charge in [-0.15, -0.1) is 11.3 Å². The van der Waals surface area contributed by atoms with Gasteiger partial charge in [-0.05, 0) is 29.5 Å². The molecule has 0 radical (unpaired) electrons. The zero-order valence-electron chi connectivity index (χ0n) is 14.8. The number of H-pyrrole nitrogens is 1. The molecule has 1 aromatic carbocycles. The topological polar surface area (TPSA) is 74.8 Å². The molecule has 0 unspecified atom stereocenters. The summed E-state index contributed by atoms with van der Waals surface area (Å²) in [6, 6.07) is 8.34. The van der Waals surface area contributed by atoms with Crippen molar-refractivity contribution >= 4 is 27.5 Å². The Morgan fingerprint density at radius 1 is 1.28 bits per heavy atom. The summed E-state index contributed by atoms with van der Waals surface area (Å²) in [6.07, 6.45) is 0.551. The smallest absolute Gasteiger partial charge is 0.261 e. The van der Waals surface area contributed by atoms with Gasteiger partial charge in [-0.2, -0.15) is 0 Å². The molecular weight excluding hydrogens is 334 g/mol. The molecule has 5 nitrogen and oxygen atoms in total. The quantitative estimate of drug-likeness (QED) is 0.753. The number of rotatable bonds is 4. The van der Waals surface area contributed by atoms with Gasteiger partial charge in [0.25, 0.3) is 11.5 Å². The second-order valence-electron chi connectivity index (χ2n) is 6.40. The van der Waals surface area contributed by atoms with Crippen LogP contribution in [0.4, 0.5) is 0 Å². The number of carbonyl (C=O) groups is 1. The van der Waals surface area contributed by atoms with Crippen LogP contribution in [0.2, 0.25) is 0 Å². The largest absolute Gasteiger partial charge is 0.354 e. The number of hydrogen-bond donors (Lipinski definition) is 2. The monoisotopic (exact) mass is 355 g/mol. The van der Waals surface area contributed by atoms with Gasteiger partial charge in [0.2, 0.25) is 0 Å². The van der Waals surface area contributed by atoms with Gasteiger partial charge in [0.05, 0.1) is 10.3 Å². The highest BCUT2D eigenvalue weighted by atomic mass is 32.1. The lowest BCUT2D eigenvalue weighted by atomic mass is 10.0. The van der Waals surface area contributed by atoms with Crippen LogP contribution in [0.15, 0.2) is 29.1 Å². The fourth-order valence-corrected chi connectivity index (χ4v) is 3.96. The maximum absolute atomic E-state index is 12.5. The number of benzene rings is 1. The summed E-state index contributed by atoms with van der Waals surface area (Å²) in [5, 5.41) is 3.11. The van der Waals surface area contributed by atoms with Crippen molar-refractivity contribution in [2.24, 2.45) is 0 Å². The highest BCUT2D eigenvalue weighted by Crippen LogP contribution is 2.27. The van der Waals surface area contributed by atoms with Gasteiger partial charge in [0, 0.05) is 13.5 Å². The van der Waals surface area contributed by atoms with E-state index in [1.807, 2.05) is 0 Å². The first-order chi connectivity index (χ1) is 11.9. The molecule has 2 aromatic heterocycles. The van der Waals surface area contributed by atoms with Crippen LogP contribution in [0, 0.1) is 6.92 Å². The van der Waals surface area contributed by atoms with E-state index < -0.39 is 0 Å². The molecule has 0 fully saturated rings. The average Bonchev–Trinajstić information content (AvgIpc) is 2.91. The highest BCUT2D eigenvalue weighted by Gasteiger charge is 2.18. The summed E-state index contributed by atoms with van der Waals surface area (Å²) in [4.78, 5) is 33.0. The molecule has 0 bridgehead atoms. The Morgan fingerprint density at radius 2 is 1.96 bits per heavy atom. The molecule has 3 rings (SSSR count). The van der Waals surface area contributed by atoms with Crippen molar-refractivity contribution in [1.82, 2.24) is 15.3 Å². The van der Waals surface area contributed by atoms with E-state index in [4.69, 9.17) is 0 Å². The molecule has 25 heavy (non-hydrogen) atoms. The van der Waals surface area contributed by atoms with E-state index in [1.165, 1.54) is 16.9 Å². The highest BCUT2D eigenvalue weighted by molar-refractivity contribution is 7.20. The van der Waals surface area contributed by atoms with Gasteiger partial charge in [-0.1, -0.05) is 38.1 Å². The summed E-state index contributed by atoms with van der Waals surface area (Å²) < 4.78 is 0. The van der Waals surface area contributed by atoms with E-state index in [0.29, 0.717) is 38.8 Å². The van der Waals surface area contributed by atoms with Gasteiger partial charge in [-0.3, -0.25) is 9.59 Å². The van der Waals surface area contributed by atoms with Crippen molar-refractivity contribution in [2.45, 2.75) is 33.1 Å². The van der Waals surface area contributed by atoms with Crippen LogP contribution in [0.5, 0.6) is 0 Å². The molecule has 6 heteroatoms. The van der Waals surface area contributed by atoms with Crippen LogP contribution >= 0.6 is 11.3 Å². The van der Waals surface area contributed by atoms with Gasteiger partial charge < -0.3 is 10.3 Å². The fraction of sp³-hybridized carbons (Fsp3) is 0.316. The number of thiophene rings is 1. The third-order valence-corrected chi connectivity index (χ3v) is 5.49. The number of aryl methyl sites for hydroxylation is 1. The summed E-state index contributed by atoms with van der Waals surface area (Å²) in [5.74, 6) is 0.908. The van der Waals surface area contributed by atoms with E-state index in [1.54, 1.807) is 14.0 Å². The van der Waals surface area contributed by atoms with Crippen molar-refractivity contribution in [2.75, 3.05) is 7.05 Å². The summed E-state index contributed by atoms with van der Waals surface area (Å²) >= 11 is 1.26. The van der Waals surface area contributed by atoms with Crippen molar-refractivity contribution in [3.05, 3.63) is 62.0 Å². The minimum atomic E-state index is -0.192. The van der Waals surface area contributed by atoms with Crippen molar-refractivity contribution in [3.63, 3.8) is 0 Å². The molecule has 130 valence electrons. The number of nitrogens with zero attached hydrogens (tertiary/aromatic N) is 1. The van der Waals surface area contributed by atoms with Gasteiger partial charge >= 0.3 is 0 Å². The molecule has 2 N–H and O–H groups in total. The Labute approximate surface area is 150 Å². The lowest BCUT2D eigenvalue weighted by molar-refractivity contribution is 0.0966. The Morgan fingerprint density at radius 3 is 2.56 bits per heavy atom. The predicted octanol–water partition coefficient (Wildman–Crippen LogP) is 3.37. The number of nitrogens with one attached hydrogen (secondary N) is 2. The van der Waals surface area contributed by atoms with Crippen LogP contribution in [0.3, 0.4) is 0 Å². The Hall–Kier alpha value is -2.47. The third-order valence-electron chi connectivity index (χ3n) is 4.30. The SMILES string of the molecule is CNC(=O)c1sc2nc(Cc3ccc(C(C)C)cc3)[nH]c(=O)c2c1C. The second kappa shape index (κ2) is 6.80. The summed E-state index contributed by atoms with van der Waals surface area (Å²) in [7, 11) is 1.58. The van der Waals surface area contributed by atoms with Crippen LogP contribution in [-0.4, -0.2) is 22.9 Å². The van der Waals surface area contributed by atoms with E-state index in [0.717, 1.165) is 5.56 Å². The lowest BCUT2D eigenvalue weighted by Crippen LogP contribution is -2.17. The van der Waals surface area contributed by atoms with E-state index in [2.05, 4.69) is 53.4 Å². The molecule has 0 saturated carbocycles. The Bertz CT molecular complexity index is 984. The molecule has 0 spiro atoms. The van der Waals surface area contributed by atoms with E-state index >= 15 is 0 Å². The molecule has 0 aliphatic heterocycles. The van der Waals surface area contributed by atoms with Gasteiger partial charge in [0.15, 0.2) is 0 Å². The Kier molecular flexibility index (Phi) is 4.72. The third kappa shape index (κ3) is 3.35. The minimum Gasteiger partial charge on any atom is -0.354 e. The van der Waals surface area contributed by atoms with Crippen LogP contribution in [0.25, 0.3) is 10.2 Å². The first-order valence-corrected chi connectivity index (χ1v) is 9.05. The molecule has 2 heterocycles. The maximum Gasteiger partial charge on any atom is 0.261 e. The number of hydrogen-bond acceptors (Lipinski definition) is 4. The van der Waals surface area contributed by atoms with Crippen molar-refractivity contribution in [1.29, 1.82) is 0 Å². The van der Waals surface area contributed by atoms with Crippen LogP contribution in [-0.2, 0) is 6.42 Å². The average molecular weight is 355 g/mol. The summed E-state index contributed by atoms with van der Waals surface area (Å²) in [5.41, 5.74) is 2.86. The van der Waals surface area contributed by atoms with Crippen molar-refractivity contribution < 1.29 is 4.79 Å². The Balaban J connectivity index is 1.98. The van der Waals surface area contributed by atoms with Gasteiger partial charge in [-0.25, -0.2) is 4.98 Å². The molecule has 3 aromatic rings. The van der Waals surface area contributed by atoms with Crippen LogP contribution in [0.1, 0.15) is 52.0 Å². The first kappa shape index (κ1) is 17.4. The molecule has 0 atom stereocenters. The zero-order chi connectivity index (χ0) is 18.1. The number of carbonyl (C=O) groups excluding carboxylic acids is 1. The van der Waals surface area contributed by atoms with Crippen molar-refractivity contribution in [3.8, 4) is 0 Å². The normalized spacial score (nSPS) is 11.2. The molecular formula is C19H21N3O2S. The number of amides is 1. The molecule has 0 aliphatic rings. The molecule has 0 aliphatic carbocycles. The minimum absolute atomic E-state index is 0.189. The second-order valence-corrected chi connectivity index (χ2v) is 7.40. The first-order valence-electron chi connectivity index (χ1n) is 8.24. The fourth-order valence-electron chi connectivity index (χ4n) is 2.82. The number of aromatic amines is 1. The number of fused-ring (bicyclic) bond motifs is 1. The summed E-state index contributed by atoms with van der Waals surface area (Å²) in [6.45, 7) is 6.10.